The zero-order chi connectivity index (χ0) is 26.9. The van der Waals surface area contributed by atoms with Gasteiger partial charge in [0.1, 0.15) is 5.75 Å². The molecule has 0 aliphatic heterocycles. The molecule has 0 fully saturated rings. The third-order valence-electron chi connectivity index (χ3n) is 6.05. The average molecular weight is 559 g/mol. The summed E-state index contributed by atoms with van der Waals surface area (Å²) in [5.74, 6) is 0.530. The highest BCUT2D eigenvalue weighted by Gasteiger charge is 2.44. The fraction of sp³-hybridized carbons (Fsp3) is 0.500. The Hall–Kier alpha value is -1.27. The van der Waals surface area contributed by atoms with Gasteiger partial charge in [-0.05, 0) is 101 Å². The Bertz CT molecular complexity index is 1160. The Kier molecular flexibility index (Phi) is 8.82. The molecule has 0 amide bonds. The molecule has 36 heavy (non-hydrogen) atoms. The second kappa shape index (κ2) is 10.8. The maximum atomic E-state index is 11.3. The van der Waals surface area contributed by atoms with Crippen LogP contribution in [-0.4, -0.2) is 38.9 Å². The van der Waals surface area contributed by atoms with E-state index in [4.69, 9.17) is 12.3 Å². The molecule has 0 saturated heterocycles. The van der Waals surface area contributed by atoms with E-state index in [9.17, 15) is 5.11 Å². The number of hydrogen-bond acceptors (Lipinski definition) is 4. The van der Waals surface area contributed by atoms with Crippen molar-refractivity contribution in [2.24, 2.45) is 0 Å². The standard InChI is InChI=1S/C28H46O4Si4/c1-22-18-25(28(29)27(19-22)26-20-23-14-11-12-15-24(23)21-26)16-13-17-36(10,31-34(5,6)7)32-35(8,9)30-33(2,3)4/h11-12,14-15,18-21,26,29H,13,16-17H2,1-10H3. The second-order valence-electron chi connectivity index (χ2n) is 12.8. The number of hydrogen-bond donors (Lipinski definition) is 1. The minimum absolute atomic E-state index is 0.102. The van der Waals surface area contributed by atoms with Gasteiger partial charge >= 0.3 is 17.1 Å². The summed E-state index contributed by atoms with van der Waals surface area (Å²) in [7, 11) is -8.30. The van der Waals surface area contributed by atoms with Crippen molar-refractivity contribution in [1.29, 1.82) is 0 Å². The SMILES string of the molecule is Cc1cc(CCC[Si](C)(O[Si](C)(C)C)O[Si](C)(C)O[Si](C)(C)C)c(O)c(C2C=c3ccccc3=C2)c1. The van der Waals surface area contributed by atoms with Crippen LogP contribution in [-0.2, 0) is 18.8 Å². The summed E-state index contributed by atoms with van der Waals surface area (Å²) < 4.78 is 20.1. The van der Waals surface area contributed by atoms with E-state index in [0.717, 1.165) is 30.0 Å². The lowest BCUT2D eigenvalue weighted by atomic mass is 9.93. The molecular weight excluding hydrogens is 513 g/mol. The van der Waals surface area contributed by atoms with Gasteiger partial charge in [-0.25, -0.2) is 0 Å². The third kappa shape index (κ3) is 8.37. The van der Waals surface area contributed by atoms with Crippen molar-refractivity contribution in [2.45, 2.75) is 90.7 Å². The lowest BCUT2D eigenvalue weighted by Crippen LogP contribution is -2.56. The molecule has 0 bridgehead atoms. The molecule has 0 aromatic heterocycles. The molecule has 3 rings (SSSR count). The van der Waals surface area contributed by atoms with Crippen LogP contribution in [0, 0.1) is 6.92 Å². The quantitative estimate of drug-likeness (QED) is 0.321. The van der Waals surface area contributed by atoms with E-state index in [1.54, 1.807) is 0 Å². The van der Waals surface area contributed by atoms with Gasteiger partial charge in [-0.1, -0.05) is 54.1 Å². The number of phenolic OH excluding ortho intramolecular Hbond substituents is 1. The van der Waals surface area contributed by atoms with Crippen molar-refractivity contribution in [3.8, 4) is 5.75 Å². The number of aromatic hydroxyl groups is 1. The Morgan fingerprint density at radius 1 is 0.778 bits per heavy atom. The number of rotatable bonds is 11. The van der Waals surface area contributed by atoms with E-state index in [1.807, 2.05) is 0 Å². The van der Waals surface area contributed by atoms with Gasteiger partial charge in [0.2, 0.25) is 0 Å². The van der Waals surface area contributed by atoms with Crippen LogP contribution >= 0.6 is 0 Å². The second-order valence-corrected chi connectivity index (χ2v) is 29.2. The van der Waals surface area contributed by atoms with E-state index in [0.29, 0.717) is 5.75 Å². The van der Waals surface area contributed by atoms with Crippen LogP contribution in [0.5, 0.6) is 5.75 Å². The van der Waals surface area contributed by atoms with Gasteiger partial charge in [0.15, 0.2) is 16.6 Å². The van der Waals surface area contributed by atoms with Crippen LogP contribution in [0.15, 0.2) is 36.4 Å². The number of phenols is 1. The molecule has 198 valence electrons. The smallest absolute Gasteiger partial charge is 0.315 e. The molecule has 4 nitrogen and oxygen atoms in total. The molecular formula is C28H46O4Si4. The van der Waals surface area contributed by atoms with E-state index >= 15 is 0 Å². The first-order valence-electron chi connectivity index (χ1n) is 13.2. The number of benzene rings is 2. The number of fused-ring (bicyclic) bond motifs is 1. The summed E-state index contributed by atoms with van der Waals surface area (Å²) in [6.45, 7) is 22.0. The first-order valence-corrected chi connectivity index (χ1v) is 25.3. The van der Waals surface area contributed by atoms with Gasteiger partial charge in [0.25, 0.3) is 0 Å². The maximum Gasteiger partial charge on any atom is 0.315 e. The van der Waals surface area contributed by atoms with Crippen molar-refractivity contribution in [3.05, 3.63) is 63.5 Å². The molecule has 1 atom stereocenters. The van der Waals surface area contributed by atoms with Gasteiger partial charge in [0, 0.05) is 11.5 Å². The molecule has 1 aliphatic carbocycles. The molecule has 2 aromatic rings. The third-order valence-corrected chi connectivity index (χ3v) is 19.6. The van der Waals surface area contributed by atoms with Crippen molar-refractivity contribution >= 4 is 45.9 Å². The summed E-state index contributed by atoms with van der Waals surface area (Å²) in [4.78, 5) is 0. The van der Waals surface area contributed by atoms with E-state index in [-0.39, 0.29) is 5.92 Å². The molecule has 8 heteroatoms. The summed E-state index contributed by atoms with van der Waals surface area (Å²) in [6, 6.07) is 13.6. The van der Waals surface area contributed by atoms with Crippen LogP contribution < -0.4 is 10.4 Å². The molecule has 0 spiro atoms. The predicted octanol–water partition coefficient (Wildman–Crippen LogP) is 6.49. The van der Waals surface area contributed by atoms with Gasteiger partial charge in [0.05, 0.1) is 0 Å². The molecule has 0 saturated carbocycles. The first kappa shape index (κ1) is 29.3. The highest BCUT2D eigenvalue weighted by Crippen LogP contribution is 2.35. The van der Waals surface area contributed by atoms with Crippen molar-refractivity contribution in [3.63, 3.8) is 0 Å². The first-order chi connectivity index (χ1) is 16.5. The Balaban J connectivity index is 1.78. The van der Waals surface area contributed by atoms with Crippen molar-refractivity contribution < 1.29 is 17.5 Å². The van der Waals surface area contributed by atoms with E-state index < -0.39 is 33.8 Å². The number of aryl methyl sites for hydroxylation is 2. The summed E-state index contributed by atoms with van der Waals surface area (Å²) in [5, 5.41) is 13.8. The highest BCUT2D eigenvalue weighted by molar-refractivity contribution is 6.89. The van der Waals surface area contributed by atoms with Gasteiger partial charge < -0.3 is 17.5 Å². The van der Waals surface area contributed by atoms with Crippen LogP contribution in [0.3, 0.4) is 0 Å². The zero-order valence-electron chi connectivity index (χ0n) is 24.0. The molecule has 1 unspecified atom stereocenters. The van der Waals surface area contributed by atoms with Crippen LogP contribution in [0.2, 0.25) is 65.0 Å². The van der Waals surface area contributed by atoms with E-state index in [1.165, 1.54) is 16.0 Å². The van der Waals surface area contributed by atoms with Crippen LogP contribution in [0.1, 0.15) is 29.0 Å². The van der Waals surface area contributed by atoms with Crippen molar-refractivity contribution in [2.75, 3.05) is 0 Å². The van der Waals surface area contributed by atoms with Gasteiger partial charge in [-0.2, -0.15) is 0 Å². The summed E-state index contributed by atoms with van der Waals surface area (Å²) >= 11 is 0. The minimum Gasteiger partial charge on any atom is -0.507 e. The summed E-state index contributed by atoms with van der Waals surface area (Å²) in [5.41, 5.74) is 3.19. The average Bonchev–Trinajstić information content (AvgIpc) is 3.10. The normalized spacial score (nSPS) is 16.3. The summed E-state index contributed by atoms with van der Waals surface area (Å²) in [6.07, 6.45) is 6.22. The van der Waals surface area contributed by atoms with Gasteiger partial charge in [-0.3, -0.25) is 0 Å². The molecule has 2 aromatic carbocycles. The molecule has 0 heterocycles. The minimum atomic E-state index is -2.46. The topological polar surface area (TPSA) is 47.9 Å². The predicted molar refractivity (Wildman–Crippen MR) is 162 cm³/mol. The maximum absolute atomic E-state index is 11.3. The fourth-order valence-corrected chi connectivity index (χ4v) is 23.4. The molecule has 0 radical (unpaired) electrons. The zero-order valence-corrected chi connectivity index (χ0v) is 28.0. The van der Waals surface area contributed by atoms with Crippen LogP contribution in [0.4, 0.5) is 0 Å². The molecule has 1 aliphatic rings. The highest BCUT2D eigenvalue weighted by atomic mass is 28.5. The molecule has 1 N–H and O–H groups in total. The van der Waals surface area contributed by atoms with Gasteiger partial charge in [-0.15, -0.1) is 0 Å². The van der Waals surface area contributed by atoms with Crippen LogP contribution in [0.25, 0.3) is 12.2 Å². The lowest BCUT2D eigenvalue weighted by molar-refractivity contribution is 0.322. The Labute approximate surface area is 222 Å². The van der Waals surface area contributed by atoms with E-state index in [2.05, 4.69) is 114 Å². The monoisotopic (exact) mass is 558 g/mol. The largest absolute Gasteiger partial charge is 0.507 e. The van der Waals surface area contributed by atoms with Crippen molar-refractivity contribution in [1.82, 2.24) is 0 Å². The Morgan fingerprint density at radius 3 is 1.86 bits per heavy atom. The fourth-order valence-electron chi connectivity index (χ4n) is 5.41. The Morgan fingerprint density at radius 2 is 1.33 bits per heavy atom. The lowest BCUT2D eigenvalue weighted by Gasteiger charge is -2.41.